The van der Waals surface area contributed by atoms with Crippen LogP contribution in [0.3, 0.4) is 0 Å². The molecule has 3 aromatic rings. The fourth-order valence-electron chi connectivity index (χ4n) is 2.16. The number of fused-ring (bicyclic) bond motifs is 1. The molecule has 0 spiro atoms. The predicted molar refractivity (Wildman–Crippen MR) is 77.4 cm³/mol. The van der Waals surface area contributed by atoms with Crippen molar-refractivity contribution < 1.29 is 4.74 Å². The number of benzene rings is 2. The van der Waals surface area contributed by atoms with Crippen molar-refractivity contribution in [3.8, 4) is 5.75 Å². The van der Waals surface area contributed by atoms with Crippen LogP contribution in [-0.2, 0) is 6.42 Å². The molecule has 19 heavy (non-hydrogen) atoms. The lowest BCUT2D eigenvalue weighted by molar-refractivity contribution is 0.321. The van der Waals surface area contributed by atoms with Crippen molar-refractivity contribution in [3.63, 3.8) is 0 Å². The molecular formula is C17H15NO. The van der Waals surface area contributed by atoms with Gasteiger partial charge in [-0.1, -0.05) is 42.5 Å². The van der Waals surface area contributed by atoms with Gasteiger partial charge in [0, 0.05) is 18.0 Å². The summed E-state index contributed by atoms with van der Waals surface area (Å²) in [5.41, 5.74) is 1.09. The Hall–Kier alpha value is -2.35. The topological polar surface area (TPSA) is 22.1 Å². The van der Waals surface area contributed by atoms with Crippen LogP contribution in [0.4, 0.5) is 0 Å². The maximum atomic E-state index is 5.72. The van der Waals surface area contributed by atoms with Crippen molar-refractivity contribution in [1.82, 2.24) is 4.98 Å². The Morgan fingerprint density at radius 3 is 2.53 bits per heavy atom. The number of nitrogens with zero attached hydrogens (tertiary/aromatic N) is 1. The minimum Gasteiger partial charge on any atom is -0.493 e. The molecule has 0 N–H and O–H groups in total. The molecule has 0 unspecified atom stereocenters. The lowest BCUT2D eigenvalue weighted by Crippen LogP contribution is -2.03. The van der Waals surface area contributed by atoms with Crippen molar-refractivity contribution in [2.75, 3.05) is 6.61 Å². The zero-order valence-electron chi connectivity index (χ0n) is 10.6. The number of hydrogen-bond donors (Lipinski definition) is 0. The van der Waals surface area contributed by atoms with E-state index in [-0.39, 0.29) is 0 Å². The molecular weight excluding hydrogens is 234 g/mol. The normalized spacial score (nSPS) is 10.5. The van der Waals surface area contributed by atoms with E-state index in [0.29, 0.717) is 6.61 Å². The zero-order valence-corrected chi connectivity index (χ0v) is 10.6. The molecule has 2 heteroatoms. The highest BCUT2D eigenvalue weighted by Crippen LogP contribution is 2.17. The van der Waals surface area contributed by atoms with Crippen molar-refractivity contribution >= 4 is 10.8 Å². The number of hydrogen-bond acceptors (Lipinski definition) is 2. The molecule has 2 aromatic carbocycles. The van der Waals surface area contributed by atoms with Crippen LogP contribution in [0.1, 0.15) is 5.69 Å². The first kappa shape index (κ1) is 11.7. The minimum atomic E-state index is 0.644. The van der Waals surface area contributed by atoms with Gasteiger partial charge in [-0.25, -0.2) is 0 Å². The molecule has 3 rings (SSSR count). The summed E-state index contributed by atoms with van der Waals surface area (Å²) < 4.78 is 5.72. The van der Waals surface area contributed by atoms with E-state index in [1.807, 2.05) is 54.7 Å². The van der Waals surface area contributed by atoms with Crippen molar-refractivity contribution in [2.45, 2.75) is 6.42 Å². The molecule has 0 aliphatic carbocycles. The second kappa shape index (κ2) is 5.53. The molecule has 1 aromatic heterocycles. The van der Waals surface area contributed by atoms with Gasteiger partial charge in [-0.15, -0.1) is 0 Å². The van der Waals surface area contributed by atoms with E-state index in [2.05, 4.69) is 17.1 Å². The summed E-state index contributed by atoms with van der Waals surface area (Å²) in [7, 11) is 0. The zero-order chi connectivity index (χ0) is 12.9. The average molecular weight is 249 g/mol. The second-order valence-electron chi connectivity index (χ2n) is 4.39. The number of para-hydroxylation sites is 1. The third kappa shape index (κ3) is 2.74. The molecule has 0 aliphatic rings. The van der Waals surface area contributed by atoms with Gasteiger partial charge in [0.2, 0.25) is 0 Å². The Balaban J connectivity index is 1.72. The summed E-state index contributed by atoms with van der Waals surface area (Å²) in [6.07, 6.45) is 2.68. The summed E-state index contributed by atoms with van der Waals surface area (Å²) >= 11 is 0. The van der Waals surface area contributed by atoms with E-state index in [1.165, 1.54) is 10.8 Å². The van der Waals surface area contributed by atoms with E-state index in [4.69, 9.17) is 4.74 Å². The van der Waals surface area contributed by atoms with Crippen LogP contribution >= 0.6 is 0 Å². The smallest absolute Gasteiger partial charge is 0.119 e. The third-order valence-electron chi connectivity index (χ3n) is 3.11. The fraction of sp³-hybridized carbons (Fsp3) is 0.118. The third-order valence-corrected chi connectivity index (χ3v) is 3.11. The largest absolute Gasteiger partial charge is 0.493 e. The van der Waals surface area contributed by atoms with Crippen LogP contribution in [0.15, 0.2) is 66.9 Å². The van der Waals surface area contributed by atoms with Gasteiger partial charge in [0.25, 0.3) is 0 Å². The lowest BCUT2D eigenvalue weighted by Gasteiger charge is -2.07. The Kier molecular flexibility index (Phi) is 3.41. The summed E-state index contributed by atoms with van der Waals surface area (Å²) in [4.78, 5) is 4.46. The maximum absolute atomic E-state index is 5.72. The molecule has 0 saturated carbocycles. The summed E-state index contributed by atoms with van der Waals surface area (Å²) in [5.74, 6) is 0.905. The molecule has 0 fully saturated rings. The van der Waals surface area contributed by atoms with Crippen molar-refractivity contribution in [2.24, 2.45) is 0 Å². The SMILES string of the molecule is c1ccc(OCCc2nccc3ccccc23)cc1. The molecule has 0 amide bonds. The lowest BCUT2D eigenvalue weighted by atomic mass is 10.1. The first-order valence-corrected chi connectivity index (χ1v) is 6.44. The highest BCUT2D eigenvalue weighted by atomic mass is 16.5. The highest BCUT2D eigenvalue weighted by molar-refractivity contribution is 5.84. The quantitative estimate of drug-likeness (QED) is 0.700. The number of aromatic nitrogens is 1. The second-order valence-corrected chi connectivity index (χ2v) is 4.39. The van der Waals surface area contributed by atoms with Gasteiger partial charge in [0.15, 0.2) is 0 Å². The van der Waals surface area contributed by atoms with E-state index in [9.17, 15) is 0 Å². The number of ether oxygens (including phenoxy) is 1. The van der Waals surface area contributed by atoms with E-state index < -0.39 is 0 Å². The van der Waals surface area contributed by atoms with Crippen LogP contribution in [0.2, 0.25) is 0 Å². The van der Waals surface area contributed by atoms with Crippen LogP contribution in [0.25, 0.3) is 10.8 Å². The van der Waals surface area contributed by atoms with Gasteiger partial charge < -0.3 is 4.74 Å². The maximum Gasteiger partial charge on any atom is 0.119 e. The first-order valence-electron chi connectivity index (χ1n) is 6.44. The van der Waals surface area contributed by atoms with Gasteiger partial charge in [0.05, 0.1) is 12.3 Å². The molecule has 1 heterocycles. The summed E-state index contributed by atoms with van der Waals surface area (Å²) in [6, 6.07) is 20.2. The Labute approximate surface area is 112 Å². The highest BCUT2D eigenvalue weighted by Gasteiger charge is 2.02. The molecule has 0 saturated heterocycles. The van der Waals surface area contributed by atoms with Crippen molar-refractivity contribution in [1.29, 1.82) is 0 Å². The summed E-state index contributed by atoms with van der Waals surface area (Å²) in [5, 5.41) is 2.44. The fourth-order valence-corrected chi connectivity index (χ4v) is 2.16. The van der Waals surface area contributed by atoms with Crippen LogP contribution in [0, 0.1) is 0 Å². The molecule has 0 atom stereocenters. The van der Waals surface area contributed by atoms with Gasteiger partial charge in [-0.2, -0.15) is 0 Å². The summed E-state index contributed by atoms with van der Waals surface area (Å²) in [6.45, 7) is 0.644. The molecule has 2 nitrogen and oxygen atoms in total. The van der Waals surface area contributed by atoms with Gasteiger partial charge in [0.1, 0.15) is 5.75 Å². The monoisotopic (exact) mass is 249 g/mol. The molecule has 0 radical (unpaired) electrons. The Bertz CT molecular complexity index is 659. The average Bonchev–Trinajstić information content (AvgIpc) is 2.49. The number of pyridine rings is 1. The first-order chi connectivity index (χ1) is 9.43. The van der Waals surface area contributed by atoms with E-state index in [0.717, 1.165) is 17.9 Å². The predicted octanol–water partition coefficient (Wildman–Crippen LogP) is 3.86. The van der Waals surface area contributed by atoms with Crippen LogP contribution in [0.5, 0.6) is 5.75 Å². The Morgan fingerprint density at radius 1 is 0.842 bits per heavy atom. The van der Waals surface area contributed by atoms with Gasteiger partial charge >= 0.3 is 0 Å². The molecule has 0 bridgehead atoms. The molecule has 94 valence electrons. The minimum absolute atomic E-state index is 0.644. The molecule has 0 aliphatic heterocycles. The Morgan fingerprint density at radius 2 is 1.63 bits per heavy atom. The van der Waals surface area contributed by atoms with Gasteiger partial charge in [-0.3, -0.25) is 4.98 Å². The van der Waals surface area contributed by atoms with E-state index >= 15 is 0 Å². The van der Waals surface area contributed by atoms with Gasteiger partial charge in [-0.05, 0) is 23.6 Å². The van der Waals surface area contributed by atoms with Crippen molar-refractivity contribution in [3.05, 3.63) is 72.6 Å². The van der Waals surface area contributed by atoms with Crippen LogP contribution < -0.4 is 4.74 Å². The van der Waals surface area contributed by atoms with E-state index in [1.54, 1.807) is 0 Å². The van der Waals surface area contributed by atoms with Crippen LogP contribution in [-0.4, -0.2) is 11.6 Å². The standard InChI is InChI=1S/C17H15NO/c1-2-7-15(8-3-1)19-13-11-17-16-9-5-4-6-14(16)10-12-18-17/h1-10,12H,11,13H2. The number of rotatable bonds is 4.